The topological polar surface area (TPSA) is 66.4 Å². The van der Waals surface area contributed by atoms with Crippen molar-refractivity contribution in [3.8, 4) is 0 Å². The van der Waals surface area contributed by atoms with E-state index in [1.54, 1.807) is 41.8 Å². The van der Waals surface area contributed by atoms with Gasteiger partial charge < -0.3 is 10.2 Å². The summed E-state index contributed by atoms with van der Waals surface area (Å²) in [4.78, 5) is 23.0. The standard InChI is InChI=1S/C19H15Cl3NO3PS/c1-27(25,26)18(16-10-28-17-3-2-12(20)9-15(16)17)19(24)23-5-4-11-6-13(21)8-14(22)7-11/h2-10,18H,1H3,(H,23,24)(H,25,26)/b5-4+. The zero-order chi connectivity index (χ0) is 20.5. The molecular weight excluding hydrogens is 460 g/mol. The fourth-order valence-corrected chi connectivity index (χ4v) is 5.84. The lowest BCUT2D eigenvalue weighted by molar-refractivity contribution is -0.120. The lowest BCUT2D eigenvalue weighted by atomic mass is 10.1. The van der Waals surface area contributed by atoms with Gasteiger partial charge in [-0.15, -0.1) is 11.3 Å². The molecule has 9 heteroatoms. The zero-order valence-electron chi connectivity index (χ0n) is 14.5. The van der Waals surface area contributed by atoms with Crippen LogP contribution in [0.15, 0.2) is 48.0 Å². The Balaban J connectivity index is 1.89. The molecule has 28 heavy (non-hydrogen) atoms. The van der Waals surface area contributed by atoms with Gasteiger partial charge in [0.2, 0.25) is 13.3 Å². The molecule has 0 fully saturated rings. The Labute approximate surface area is 181 Å². The van der Waals surface area contributed by atoms with Crippen LogP contribution in [-0.2, 0) is 9.36 Å². The minimum absolute atomic E-state index is 0.464. The summed E-state index contributed by atoms with van der Waals surface area (Å²) in [5, 5.41) is 6.41. The number of hydrogen-bond donors (Lipinski definition) is 2. The lowest BCUT2D eigenvalue weighted by Gasteiger charge is -2.18. The van der Waals surface area contributed by atoms with Gasteiger partial charge in [0, 0.05) is 32.6 Å². The Kier molecular flexibility index (Phi) is 6.55. The van der Waals surface area contributed by atoms with Gasteiger partial charge in [0.1, 0.15) is 5.66 Å². The average Bonchev–Trinajstić information content (AvgIpc) is 2.95. The summed E-state index contributed by atoms with van der Waals surface area (Å²) < 4.78 is 13.4. The molecule has 0 aliphatic carbocycles. The number of amides is 1. The molecule has 1 heterocycles. The number of hydrogen-bond acceptors (Lipinski definition) is 3. The highest BCUT2D eigenvalue weighted by atomic mass is 35.5. The van der Waals surface area contributed by atoms with Crippen molar-refractivity contribution in [1.29, 1.82) is 0 Å². The Morgan fingerprint density at radius 3 is 2.46 bits per heavy atom. The largest absolute Gasteiger partial charge is 0.344 e. The molecule has 1 aromatic heterocycles. The number of benzene rings is 2. The summed E-state index contributed by atoms with van der Waals surface area (Å²) in [6.45, 7) is 1.17. The van der Waals surface area contributed by atoms with Crippen LogP contribution in [0.1, 0.15) is 16.8 Å². The van der Waals surface area contributed by atoms with Gasteiger partial charge in [-0.1, -0.05) is 34.8 Å². The van der Waals surface area contributed by atoms with E-state index in [0.717, 1.165) is 4.70 Å². The van der Waals surface area contributed by atoms with E-state index in [9.17, 15) is 14.3 Å². The van der Waals surface area contributed by atoms with Gasteiger partial charge >= 0.3 is 0 Å². The number of halogens is 3. The van der Waals surface area contributed by atoms with E-state index in [-0.39, 0.29) is 0 Å². The third-order valence-electron chi connectivity index (χ3n) is 3.97. The monoisotopic (exact) mass is 473 g/mol. The highest BCUT2D eigenvalue weighted by molar-refractivity contribution is 7.58. The molecule has 0 saturated carbocycles. The molecule has 2 atom stereocenters. The van der Waals surface area contributed by atoms with Gasteiger partial charge in [-0.05, 0) is 64.4 Å². The van der Waals surface area contributed by atoms with E-state index in [1.165, 1.54) is 24.2 Å². The van der Waals surface area contributed by atoms with Crippen LogP contribution < -0.4 is 5.32 Å². The summed E-state index contributed by atoms with van der Waals surface area (Å²) in [6.07, 6.45) is 3.00. The summed E-state index contributed by atoms with van der Waals surface area (Å²) in [5.41, 5.74) is -0.0503. The molecule has 0 bridgehead atoms. The number of carbonyl (C=O) groups excluding carboxylic acids is 1. The predicted molar refractivity (Wildman–Crippen MR) is 119 cm³/mol. The van der Waals surface area contributed by atoms with E-state index >= 15 is 0 Å². The summed E-state index contributed by atoms with van der Waals surface area (Å²) in [5.74, 6) is -0.586. The molecular formula is C19H15Cl3NO3PS. The van der Waals surface area contributed by atoms with Crippen molar-refractivity contribution in [1.82, 2.24) is 5.32 Å². The first kappa shape index (κ1) is 21.4. The number of thiophene rings is 1. The van der Waals surface area contributed by atoms with Crippen LogP contribution in [0.3, 0.4) is 0 Å². The molecule has 0 aliphatic rings. The summed E-state index contributed by atoms with van der Waals surface area (Å²) in [6, 6.07) is 10.2. The second kappa shape index (κ2) is 8.58. The number of rotatable bonds is 5. The van der Waals surface area contributed by atoms with Crippen LogP contribution in [0.25, 0.3) is 16.2 Å². The smallest absolute Gasteiger partial charge is 0.241 e. The van der Waals surface area contributed by atoms with Crippen LogP contribution in [0.5, 0.6) is 0 Å². The minimum Gasteiger partial charge on any atom is -0.344 e. The number of carbonyl (C=O) groups is 1. The molecule has 2 aromatic carbocycles. The maximum Gasteiger partial charge on any atom is 0.241 e. The molecule has 3 aromatic rings. The van der Waals surface area contributed by atoms with Crippen LogP contribution >= 0.6 is 53.5 Å². The van der Waals surface area contributed by atoms with Gasteiger partial charge in [-0.3, -0.25) is 9.36 Å². The van der Waals surface area contributed by atoms with Crippen molar-refractivity contribution < 1.29 is 14.3 Å². The highest BCUT2D eigenvalue weighted by Gasteiger charge is 2.36. The quantitative estimate of drug-likeness (QED) is 0.410. The molecule has 0 aliphatic heterocycles. The Bertz CT molecular complexity index is 1100. The third kappa shape index (κ3) is 4.98. The molecule has 2 N–H and O–H groups in total. The van der Waals surface area contributed by atoms with Gasteiger partial charge in [0.15, 0.2) is 0 Å². The van der Waals surface area contributed by atoms with Crippen molar-refractivity contribution in [3.63, 3.8) is 0 Å². The molecule has 146 valence electrons. The maximum absolute atomic E-state index is 12.8. The van der Waals surface area contributed by atoms with E-state index in [4.69, 9.17) is 34.8 Å². The van der Waals surface area contributed by atoms with E-state index < -0.39 is 18.9 Å². The first-order valence-electron chi connectivity index (χ1n) is 8.05. The van der Waals surface area contributed by atoms with Crippen molar-refractivity contribution in [2.45, 2.75) is 5.66 Å². The fourth-order valence-electron chi connectivity index (χ4n) is 2.82. The SMILES string of the molecule is CP(=O)(O)C(C(=O)N/C=C/c1cc(Cl)cc(Cl)c1)c1csc2ccc(Cl)cc12. The second-order valence-corrected chi connectivity index (χ2v) is 10.8. The third-order valence-corrected chi connectivity index (χ3v) is 7.10. The average molecular weight is 475 g/mol. The van der Waals surface area contributed by atoms with Gasteiger partial charge in [-0.2, -0.15) is 0 Å². The second-order valence-electron chi connectivity index (χ2n) is 6.22. The fraction of sp³-hybridized carbons (Fsp3) is 0.105. The van der Waals surface area contributed by atoms with Crippen LogP contribution in [0.4, 0.5) is 0 Å². The molecule has 2 unspecified atom stereocenters. The van der Waals surface area contributed by atoms with E-state index in [0.29, 0.717) is 31.6 Å². The Morgan fingerprint density at radius 1 is 1.14 bits per heavy atom. The number of fused-ring (bicyclic) bond motifs is 1. The normalized spacial score (nSPS) is 14.9. The van der Waals surface area contributed by atoms with Crippen LogP contribution in [-0.4, -0.2) is 17.5 Å². The maximum atomic E-state index is 12.8. The van der Waals surface area contributed by atoms with E-state index in [1.807, 2.05) is 6.07 Å². The van der Waals surface area contributed by atoms with Crippen molar-refractivity contribution in [2.24, 2.45) is 0 Å². The molecule has 0 radical (unpaired) electrons. The molecule has 0 saturated heterocycles. The summed E-state index contributed by atoms with van der Waals surface area (Å²) >= 11 is 19.4. The number of nitrogens with one attached hydrogen (secondary N) is 1. The van der Waals surface area contributed by atoms with Crippen molar-refractivity contribution in [2.75, 3.05) is 6.66 Å². The Hall–Kier alpha value is -1.33. The first-order chi connectivity index (χ1) is 13.1. The van der Waals surface area contributed by atoms with Crippen molar-refractivity contribution in [3.05, 3.63) is 74.2 Å². The van der Waals surface area contributed by atoms with Gasteiger partial charge in [0.05, 0.1) is 0 Å². The lowest BCUT2D eigenvalue weighted by Crippen LogP contribution is -2.25. The summed E-state index contributed by atoms with van der Waals surface area (Å²) in [7, 11) is -3.79. The van der Waals surface area contributed by atoms with E-state index in [2.05, 4.69) is 5.32 Å². The minimum atomic E-state index is -3.79. The molecule has 0 spiro atoms. The van der Waals surface area contributed by atoms with Gasteiger partial charge in [-0.25, -0.2) is 0 Å². The Morgan fingerprint density at radius 2 is 1.82 bits per heavy atom. The highest BCUT2D eigenvalue weighted by Crippen LogP contribution is 2.54. The molecule has 3 rings (SSSR count). The van der Waals surface area contributed by atoms with Gasteiger partial charge in [0.25, 0.3) is 0 Å². The van der Waals surface area contributed by atoms with Crippen LogP contribution in [0.2, 0.25) is 15.1 Å². The zero-order valence-corrected chi connectivity index (χ0v) is 18.5. The van der Waals surface area contributed by atoms with Crippen LogP contribution in [0, 0.1) is 0 Å². The molecule has 1 amide bonds. The predicted octanol–water partition coefficient (Wildman–Crippen LogP) is 6.59. The molecule has 4 nitrogen and oxygen atoms in total. The first-order valence-corrected chi connectivity index (χ1v) is 12.2. The van der Waals surface area contributed by atoms with Crippen molar-refractivity contribution >= 4 is 75.6 Å².